The third kappa shape index (κ3) is 5.88. The molecule has 1 fully saturated rings. The Balaban J connectivity index is 1.19. The predicted octanol–water partition coefficient (Wildman–Crippen LogP) is 4.15. The Bertz CT molecular complexity index is 1350. The molecule has 5 rings (SSSR count). The van der Waals surface area contributed by atoms with Gasteiger partial charge in [-0.2, -0.15) is 15.0 Å². The van der Waals surface area contributed by atoms with Crippen molar-refractivity contribution in [1.82, 2.24) is 15.0 Å². The van der Waals surface area contributed by atoms with Crippen LogP contribution in [0.2, 0.25) is 0 Å². The Morgan fingerprint density at radius 1 is 0.974 bits per heavy atom. The van der Waals surface area contributed by atoms with E-state index < -0.39 is 24.4 Å². The van der Waals surface area contributed by atoms with Crippen LogP contribution in [0.15, 0.2) is 42.5 Å². The smallest absolute Gasteiger partial charge is 0.467 e. The van der Waals surface area contributed by atoms with Crippen molar-refractivity contribution in [3.63, 3.8) is 0 Å². The van der Waals surface area contributed by atoms with E-state index in [9.17, 15) is 18.4 Å². The van der Waals surface area contributed by atoms with Crippen molar-refractivity contribution >= 4 is 35.0 Å². The van der Waals surface area contributed by atoms with Gasteiger partial charge in [-0.3, -0.25) is 9.59 Å². The monoisotopic (exact) mass is 526 g/mol. The molecule has 13 heteroatoms. The highest BCUT2D eigenvalue weighted by molar-refractivity contribution is 6.11. The minimum absolute atomic E-state index is 0.142. The molecular weight excluding hydrogens is 502 g/mol. The maximum atomic E-state index is 13.2. The first kappa shape index (κ1) is 25.1. The molecule has 0 saturated carbocycles. The lowest BCUT2D eigenvalue weighted by molar-refractivity contribution is -0.286. The molecule has 0 radical (unpaired) electrons. The van der Waals surface area contributed by atoms with E-state index in [1.54, 1.807) is 24.3 Å². The van der Waals surface area contributed by atoms with Gasteiger partial charge in [-0.25, -0.2) is 0 Å². The summed E-state index contributed by atoms with van der Waals surface area (Å²) in [4.78, 5) is 40.1. The summed E-state index contributed by atoms with van der Waals surface area (Å²) in [5.74, 6) is -0.538. The molecule has 0 aliphatic carbocycles. The van der Waals surface area contributed by atoms with E-state index in [0.29, 0.717) is 23.1 Å². The van der Waals surface area contributed by atoms with Crippen LogP contribution in [0, 0.1) is 0 Å². The van der Waals surface area contributed by atoms with E-state index in [4.69, 9.17) is 4.74 Å². The van der Waals surface area contributed by atoms with Crippen molar-refractivity contribution in [2.24, 2.45) is 0 Å². The van der Waals surface area contributed by atoms with Gasteiger partial charge in [0.15, 0.2) is 17.3 Å². The first-order valence-electron chi connectivity index (χ1n) is 11.9. The van der Waals surface area contributed by atoms with Gasteiger partial charge in [0.2, 0.25) is 17.8 Å². The van der Waals surface area contributed by atoms with Crippen molar-refractivity contribution in [2.75, 3.05) is 35.7 Å². The number of alkyl halides is 2. The molecule has 3 heterocycles. The highest BCUT2D eigenvalue weighted by Crippen LogP contribution is 2.42. The van der Waals surface area contributed by atoms with Gasteiger partial charge in [0, 0.05) is 36.1 Å². The zero-order valence-corrected chi connectivity index (χ0v) is 20.4. The van der Waals surface area contributed by atoms with E-state index in [1.807, 2.05) is 0 Å². The van der Waals surface area contributed by atoms with E-state index >= 15 is 0 Å². The van der Waals surface area contributed by atoms with Gasteiger partial charge in [-0.1, -0.05) is 0 Å². The zero-order chi connectivity index (χ0) is 26.7. The maximum Gasteiger partial charge on any atom is 0.586 e. The number of ether oxygens (including phenoxy) is 3. The van der Waals surface area contributed by atoms with Crippen LogP contribution in [0.5, 0.6) is 17.5 Å². The molecule has 2 aliphatic heterocycles. The second-order valence-electron chi connectivity index (χ2n) is 8.67. The van der Waals surface area contributed by atoms with Crippen LogP contribution in [0.1, 0.15) is 36.0 Å². The molecule has 1 amide bonds. The van der Waals surface area contributed by atoms with Crippen molar-refractivity contribution in [3.05, 3.63) is 48.0 Å². The van der Waals surface area contributed by atoms with E-state index in [-0.39, 0.29) is 23.2 Å². The fraction of sp³-hybridized carbons (Fsp3) is 0.320. The Kier molecular flexibility index (Phi) is 6.90. The van der Waals surface area contributed by atoms with Crippen LogP contribution in [-0.2, 0) is 4.79 Å². The molecule has 0 unspecified atom stereocenters. The lowest BCUT2D eigenvalue weighted by Gasteiger charge is -2.26. The van der Waals surface area contributed by atoms with Gasteiger partial charge in [0.05, 0.1) is 13.5 Å². The third-order valence-corrected chi connectivity index (χ3v) is 5.89. The summed E-state index contributed by atoms with van der Waals surface area (Å²) >= 11 is 0. The number of benzene rings is 2. The number of carbonyl (C=O) groups is 2. The average Bonchev–Trinajstić information content (AvgIpc) is 3.22. The quantitative estimate of drug-likeness (QED) is 0.326. The Labute approximate surface area is 216 Å². The number of piperidine rings is 1. The van der Waals surface area contributed by atoms with Crippen molar-refractivity contribution < 1.29 is 32.6 Å². The highest BCUT2D eigenvalue weighted by atomic mass is 19.3. The standard InChI is InChI=1S/C25H24F2N6O5/c1-36-24-31-22(30-23(32-24)33-11-3-2-4-12-33)29-16-7-5-15(6-8-16)18(34)14-21(35)28-17-9-10-19-20(13-17)38-25(26,27)37-19/h5-10,13H,2-4,11-12,14H2,1H3,(H,28,35)(H,29,30,31,32). The minimum atomic E-state index is -3.76. The number of anilines is 4. The SMILES string of the molecule is COc1nc(Nc2ccc(C(=O)CC(=O)Nc3ccc4c(c3)OC(F)(F)O4)cc2)nc(N2CCCCC2)n1. The average molecular weight is 527 g/mol. The molecule has 0 bridgehead atoms. The Hall–Kier alpha value is -4.55. The molecule has 2 aliphatic rings. The number of nitrogens with one attached hydrogen (secondary N) is 2. The van der Waals surface area contributed by atoms with E-state index in [1.165, 1.54) is 31.7 Å². The van der Waals surface area contributed by atoms with Gasteiger partial charge < -0.3 is 29.7 Å². The third-order valence-electron chi connectivity index (χ3n) is 5.89. The van der Waals surface area contributed by atoms with E-state index in [0.717, 1.165) is 25.9 Å². The Morgan fingerprint density at radius 2 is 1.68 bits per heavy atom. The summed E-state index contributed by atoms with van der Waals surface area (Å²) in [6.07, 6.45) is -0.884. The second kappa shape index (κ2) is 10.4. The number of rotatable bonds is 8. The molecule has 0 spiro atoms. The van der Waals surface area contributed by atoms with Crippen LogP contribution in [-0.4, -0.2) is 53.1 Å². The van der Waals surface area contributed by atoms with Crippen LogP contribution < -0.4 is 29.7 Å². The number of amides is 1. The van der Waals surface area contributed by atoms with Crippen LogP contribution in [0.3, 0.4) is 0 Å². The van der Waals surface area contributed by atoms with Gasteiger partial charge >= 0.3 is 12.3 Å². The summed E-state index contributed by atoms with van der Waals surface area (Å²) in [5, 5.41) is 5.58. The fourth-order valence-electron chi connectivity index (χ4n) is 4.08. The van der Waals surface area contributed by atoms with Gasteiger partial charge in [0.25, 0.3) is 0 Å². The van der Waals surface area contributed by atoms with Crippen molar-refractivity contribution in [3.8, 4) is 17.5 Å². The first-order chi connectivity index (χ1) is 18.3. The Morgan fingerprint density at radius 3 is 2.42 bits per heavy atom. The molecule has 38 heavy (non-hydrogen) atoms. The topological polar surface area (TPSA) is 128 Å². The number of nitrogens with zero attached hydrogens (tertiary/aromatic N) is 4. The maximum absolute atomic E-state index is 13.2. The fourth-order valence-corrected chi connectivity index (χ4v) is 4.08. The van der Waals surface area contributed by atoms with Gasteiger partial charge in [0.1, 0.15) is 0 Å². The number of carbonyl (C=O) groups excluding carboxylic acids is 2. The summed E-state index contributed by atoms with van der Waals surface area (Å²) in [5.41, 5.74) is 1.14. The molecule has 3 aromatic rings. The predicted molar refractivity (Wildman–Crippen MR) is 132 cm³/mol. The molecule has 198 valence electrons. The summed E-state index contributed by atoms with van der Waals surface area (Å²) in [6.45, 7) is 1.73. The van der Waals surface area contributed by atoms with Crippen LogP contribution in [0.25, 0.3) is 0 Å². The number of aromatic nitrogens is 3. The summed E-state index contributed by atoms with van der Waals surface area (Å²) in [6, 6.07) is 10.5. The molecule has 0 atom stereocenters. The number of halogens is 2. The molecular formula is C25H24F2N6O5. The number of Topliss-reactive ketones (excluding diaryl/α,β-unsaturated/α-hetero) is 1. The molecule has 1 saturated heterocycles. The molecule has 2 aromatic carbocycles. The number of ketones is 1. The summed E-state index contributed by atoms with van der Waals surface area (Å²) < 4.78 is 40.3. The van der Waals surface area contributed by atoms with Crippen LogP contribution in [0.4, 0.5) is 32.1 Å². The minimum Gasteiger partial charge on any atom is -0.467 e. The van der Waals surface area contributed by atoms with Gasteiger partial charge in [-0.05, 0) is 55.7 Å². The number of fused-ring (bicyclic) bond motifs is 1. The molecule has 1 aromatic heterocycles. The van der Waals surface area contributed by atoms with Crippen molar-refractivity contribution in [2.45, 2.75) is 32.0 Å². The van der Waals surface area contributed by atoms with E-state index in [2.05, 4.69) is 40.0 Å². The largest absolute Gasteiger partial charge is 0.586 e. The number of methoxy groups -OCH3 is 1. The zero-order valence-electron chi connectivity index (χ0n) is 20.4. The normalized spacial score (nSPS) is 15.6. The van der Waals surface area contributed by atoms with Gasteiger partial charge in [-0.15, -0.1) is 8.78 Å². The summed E-state index contributed by atoms with van der Waals surface area (Å²) in [7, 11) is 1.49. The molecule has 11 nitrogen and oxygen atoms in total. The highest BCUT2D eigenvalue weighted by Gasteiger charge is 2.43. The lowest BCUT2D eigenvalue weighted by Crippen LogP contribution is -2.31. The lowest BCUT2D eigenvalue weighted by atomic mass is 10.1. The van der Waals surface area contributed by atoms with Crippen LogP contribution >= 0.6 is 0 Å². The second-order valence-corrected chi connectivity index (χ2v) is 8.67. The number of hydrogen-bond acceptors (Lipinski definition) is 10. The number of hydrogen-bond donors (Lipinski definition) is 2. The first-order valence-corrected chi connectivity index (χ1v) is 11.9. The van der Waals surface area contributed by atoms with Crippen molar-refractivity contribution in [1.29, 1.82) is 0 Å². The molecule has 2 N–H and O–H groups in total.